The number of anilines is 1. The van der Waals surface area contributed by atoms with Gasteiger partial charge in [0.15, 0.2) is 5.65 Å². The van der Waals surface area contributed by atoms with Crippen LogP contribution in [0.2, 0.25) is 10.0 Å². The predicted molar refractivity (Wildman–Crippen MR) is 81.7 cm³/mol. The monoisotopic (exact) mass is 322 g/mol. The highest BCUT2D eigenvalue weighted by molar-refractivity contribution is 6.36. The lowest BCUT2D eigenvalue weighted by Gasteiger charge is -2.01. The molecule has 1 aromatic carbocycles. The second kappa shape index (κ2) is 4.91. The van der Waals surface area contributed by atoms with Crippen molar-refractivity contribution in [3.63, 3.8) is 0 Å². The van der Waals surface area contributed by atoms with Crippen molar-refractivity contribution in [2.24, 2.45) is 0 Å². The summed E-state index contributed by atoms with van der Waals surface area (Å²) in [6.07, 6.45) is 1.56. The molecule has 3 aromatic rings. The Morgan fingerprint density at radius 2 is 2.00 bits per heavy atom. The summed E-state index contributed by atoms with van der Waals surface area (Å²) in [5, 5.41) is 11.8. The van der Waals surface area contributed by atoms with E-state index in [1.165, 1.54) is 16.5 Å². The third kappa shape index (κ3) is 2.18. The summed E-state index contributed by atoms with van der Waals surface area (Å²) >= 11 is 12.0. The first-order valence-corrected chi connectivity index (χ1v) is 6.61. The van der Waals surface area contributed by atoms with E-state index in [1.54, 1.807) is 24.4 Å². The molecule has 2 aromatic heterocycles. The van der Waals surface area contributed by atoms with Gasteiger partial charge >= 0.3 is 0 Å². The first-order chi connectivity index (χ1) is 9.99. The molecule has 3 rings (SSSR count). The highest BCUT2D eigenvalue weighted by atomic mass is 35.5. The molecule has 0 aliphatic rings. The van der Waals surface area contributed by atoms with E-state index in [1.807, 2.05) is 0 Å². The number of nitrogen functional groups attached to an aromatic ring is 1. The Bertz CT molecular complexity index is 876. The van der Waals surface area contributed by atoms with Crippen LogP contribution in [0.15, 0.2) is 36.5 Å². The topological polar surface area (TPSA) is 86.5 Å². The molecule has 0 unspecified atom stereocenters. The number of nitro groups is 1. The molecule has 8 heteroatoms. The van der Waals surface area contributed by atoms with E-state index in [9.17, 15) is 10.1 Å². The van der Waals surface area contributed by atoms with E-state index < -0.39 is 4.92 Å². The highest BCUT2D eigenvalue weighted by Crippen LogP contribution is 2.35. The lowest BCUT2D eigenvalue weighted by atomic mass is 10.1. The molecule has 0 atom stereocenters. The zero-order valence-electron chi connectivity index (χ0n) is 10.5. The number of fused-ring (bicyclic) bond motifs is 1. The van der Waals surface area contributed by atoms with Crippen LogP contribution >= 0.6 is 23.2 Å². The molecule has 6 nitrogen and oxygen atoms in total. The number of halogens is 2. The van der Waals surface area contributed by atoms with E-state index in [2.05, 4.69) is 4.98 Å². The van der Waals surface area contributed by atoms with Gasteiger partial charge in [-0.25, -0.2) is 4.98 Å². The Balaban J connectivity index is 2.34. The number of nitrogens with two attached hydrogens (primary N) is 1. The van der Waals surface area contributed by atoms with Gasteiger partial charge in [-0.3, -0.25) is 14.5 Å². The maximum absolute atomic E-state index is 11.1. The van der Waals surface area contributed by atoms with Crippen molar-refractivity contribution in [2.45, 2.75) is 0 Å². The molecule has 21 heavy (non-hydrogen) atoms. The predicted octanol–water partition coefficient (Wildman–Crippen LogP) is 3.80. The molecule has 0 aliphatic carbocycles. The van der Waals surface area contributed by atoms with E-state index in [0.29, 0.717) is 26.9 Å². The van der Waals surface area contributed by atoms with E-state index in [4.69, 9.17) is 28.9 Å². The van der Waals surface area contributed by atoms with Crippen molar-refractivity contribution in [1.29, 1.82) is 0 Å². The average molecular weight is 323 g/mol. The van der Waals surface area contributed by atoms with E-state index >= 15 is 0 Å². The molecule has 0 spiro atoms. The van der Waals surface area contributed by atoms with Crippen LogP contribution in [0.3, 0.4) is 0 Å². The Morgan fingerprint density at radius 3 is 2.71 bits per heavy atom. The first-order valence-electron chi connectivity index (χ1n) is 5.85. The quantitative estimate of drug-likeness (QED) is 0.574. The first kappa shape index (κ1) is 13.7. The third-order valence-electron chi connectivity index (χ3n) is 3.03. The average Bonchev–Trinajstić information content (AvgIpc) is 2.77. The number of benzene rings is 1. The number of hydrogen-bond acceptors (Lipinski definition) is 4. The molecule has 2 N–H and O–H groups in total. The summed E-state index contributed by atoms with van der Waals surface area (Å²) in [5.41, 5.74) is 6.99. The van der Waals surface area contributed by atoms with Gasteiger partial charge in [0.2, 0.25) is 0 Å². The summed E-state index contributed by atoms with van der Waals surface area (Å²) in [5.74, 6) is 0.240. The second-order valence-corrected chi connectivity index (χ2v) is 5.16. The summed E-state index contributed by atoms with van der Waals surface area (Å²) in [4.78, 5) is 15.0. The lowest BCUT2D eigenvalue weighted by molar-refractivity contribution is -0.384. The zero-order valence-corrected chi connectivity index (χ0v) is 12.0. The Morgan fingerprint density at radius 1 is 1.29 bits per heavy atom. The maximum Gasteiger partial charge on any atom is 0.278 e. The second-order valence-electron chi connectivity index (χ2n) is 4.32. The van der Waals surface area contributed by atoms with E-state index in [0.717, 1.165) is 0 Å². The fraction of sp³-hybridized carbons (Fsp3) is 0. The van der Waals surface area contributed by atoms with Gasteiger partial charge in [0, 0.05) is 12.3 Å². The van der Waals surface area contributed by atoms with Crippen LogP contribution in [-0.4, -0.2) is 14.3 Å². The van der Waals surface area contributed by atoms with Crippen LogP contribution in [-0.2, 0) is 0 Å². The van der Waals surface area contributed by atoms with Crippen LogP contribution in [0.4, 0.5) is 11.5 Å². The van der Waals surface area contributed by atoms with Gasteiger partial charge in [-0.05, 0) is 12.1 Å². The van der Waals surface area contributed by atoms with Gasteiger partial charge in [-0.15, -0.1) is 0 Å². The van der Waals surface area contributed by atoms with Crippen molar-refractivity contribution >= 4 is 40.4 Å². The minimum Gasteiger partial charge on any atom is -0.383 e. The number of nitrogens with zero attached hydrogens (tertiary/aromatic N) is 3. The van der Waals surface area contributed by atoms with Gasteiger partial charge < -0.3 is 5.73 Å². The molecule has 0 bridgehead atoms. The minimum atomic E-state index is -0.479. The summed E-state index contributed by atoms with van der Waals surface area (Å²) in [6.45, 7) is 0. The number of pyridine rings is 1. The Hall–Kier alpha value is -2.31. The standard InChI is InChI=1S/C13H8Cl2N4O2/c14-7-5-9(15)13-17-11(12(16)18(13)6-7)8-3-1-2-4-10(8)19(20)21/h1-6H,16H2. The third-order valence-corrected chi connectivity index (χ3v) is 3.52. The van der Waals surface area contributed by atoms with Crippen LogP contribution in [0, 0.1) is 10.1 Å². The van der Waals surface area contributed by atoms with Crippen molar-refractivity contribution < 1.29 is 4.92 Å². The number of imidazole rings is 1. The normalized spacial score (nSPS) is 11.0. The van der Waals surface area contributed by atoms with Crippen LogP contribution < -0.4 is 5.73 Å². The number of rotatable bonds is 2. The van der Waals surface area contributed by atoms with Gasteiger partial charge in [0.1, 0.15) is 11.5 Å². The molecule has 0 saturated heterocycles. The fourth-order valence-electron chi connectivity index (χ4n) is 2.12. The van der Waals surface area contributed by atoms with Crippen LogP contribution in [0.25, 0.3) is 16.9 Å². The lowest BCUT2D eigenvalue weighted by Crippen LogP contribution is -1.96. The van der Waals surface area contributed by atoms with Gasteiger partial charge in [-0.1, -0.05) is 35.3 Å². The molecular weight excluding hydrogens is 315 g/mol. The Kier molecular flexibility index (Phi) is 3.19. The molecule has 0 aliphatic heterocycles. The number of para-hydroxylation sites is 1. The summed E-state index contributed by atoms with van der Waals surface area (Å²) < 4.78 is 1.51. The van der Waals surface area contributed by atoms with Gasteiger partial charge in [-0.2, -0.15) is 0 Å². The van der Waals surface area contributed by atoms with Crippen molar-refractivity contribution in [3.05, 3.63) is 56.7 Å². The van der Waals surface area contributed by atoms with Crippen LogP contribution in [0.5, 0.6) is 0 Å². The summed E-state index contributed by atoms with van der Waals surface area (Å²) in [7, 11) is 0. The molecule has 106 valence electrons. The van der Waals surface area contributed by atoms with Gasteiger partial charge in [0.05, 0.1) is 20.5 Å². The zero-order chi connectivity index (χ0) is 15.1. The largest absolute Gasteiger partial charge is 0.383 e. The molecule has 2 heterocycles. The van der Waals surface area contributed by atoms with Crippen molar-refractivity contribution in [2.75, 3.05) is 5.73 Å². The smallest absolute Gasteiger partial charge is 0.278 e. The highest BCUT2D eigenvalue weighted by Gasteiger charge is 2.21. The van der Waals surface area contributed by atoms with Crippen LogP contribution in [0.1, 0.15) is 0 Å². The molecule has 0 fully saturated rings. The van der Waals surface area contributed by atoms with Gasteiger partial charge in [0.25, 0.3) is 5.69 Å². The molecule has 0 amide bonds. The molecule has 0 saturated carbocycles. The van der Waals surface area contributed by atoms with Crippen molar-refractivity contribution in [3.8, 4) is 11.3 Å². The maximum atomic E-state index is 11.1. The SMILES string of the molecule is Nc1c(-c2ccccc2[N+](=O)[O-])nc2c(Cl)cc(Cl)cn12. The van der Waals surface area contributed by atoms with E-state index in [-0.39, 0.29) is 11.5 Å². The summed E-state index contributed by atoms with van der Waals surface area (Å²) in [6, 6.07) is 7.78. The molecule has 0 radical (unpaired) electrons. The molecular formula is C13H8Cl2N4O2. The minimum absolute atomic E-state index is 0.0742. The van der Waals surface area contributed by atoms with Crippen molar-refractivity contribution in [1.82, 2.24) is 9.38 Å². The number of nitro benzene ring substituents is 1. The number of hydrogen-bond donors (Lipinski definition) is 1. The number of aromatic nitrogens is 2. The fourth-order valence-corrected chi connectivity index (χ4v) is 2.64. The Labute approximate surface area is 128 Å².